The molecule has 1 saturated heterocycles. The van der Waals surface area contributed by atoms with Crippen LogP contribution in [0, 0.1) is 5.41 Å². The molecule has 0 spiro atoms. The highest BCUT2D eigenvalue weighted by Gasteiger charge is 2.35. The van der Waals surface area contributed by atoms with E-state index in [2.05, 4.69) is 125 Å². The van der Waals surface area contributed by atoms with Gasteiger partial charge in [-0.1, -0.05) is 101 Å². The Morgan fingerprint density at radius 2 is 1.07 bits per heavy atom. The Bertz CT molecular complexity index is 943. The highest BCUT2D eigenvalue weighted by Crippen LogP contribution is 2.30. The van der Waals surface area contributed by atoms with Crippen LogP contribution in [0.5, 0.6) is 0 Å². The average Bonchev–Trinajstić information content (AvgIpc) is 2.74. The molecule has 1 aliphatic rings. The summed E-state index contributed by atoms with van der Waals surface area (Å²) in [7, 11) is -2.14. The minimum absolute atomic E-state index is 0.0745. The van der Waals surface area contributed by atoms with Crippen LogP contribution >= 0.6 is 31.9 Å². The van der Waals surface area contributed by atoms with E-state index < -0.39 is 8.07 Å². The van der Waals surface area contributed by atoms with E-state index in [4.69, 9.17) is 9.47 Å². The normalized spacial score (nSPS) is 17.1. The number of benzene rings is 3. The third kappa shape index (κ3) is 4.51. The molecule has 5 heteroatoms. The Morgan fingerprint density at radius 3 is 1.47 bits per heavy atom. The van der Waals surface area contributed by atoms with Crippen molar-refractivity contribution in [1.29, 1.82) is 0 Å². The molecule has 0 saturated carbocycles. The summed E-state index contributed by atoms with van der Waals surface area (Å²) in [5.41, 5.74) is 1.16. The van der Waals surface area contributed by atoms with E-state index in [1.54, 1.807) is 0 Å². The standard InChI is InChI=1S/C25H26Br2O2Si/c1-25(2)16-28-24(29-17-25)18-4-10-21(11-5-18)30(3,22-12-6-19(26)7-13-22)23-14-8-20(27)9-15-23/h4-15,24H,16-17H2,1-3H3. The molecule has 0 radical (unpaired) electrons. The van der Waals surface area contributed by atoms with Crippen molar-refractivity contribution in [3.63, 3.8) is 0 Å². The summed E-state index contributed by atoms with van der Waals surface area (Å²) in [4.78, 5) is 0. The van der Waals surface area contributed by atoms with Crippen molar-refractivity contribution >= 4 is 55.5 Å². The zero-order chi connectivity index (χ0) is 21.4. The van der Waals surface area contributed by atoms with Crippen LogP contribution in [0.15, 0.2) is 81.7 Å². The van der Waals surface area contributed by atoms with Crippen LogP contribution in [0.2, 0.25) is 6.55 Å². The summed E-state index contributed by atoms with van der Waals surface area (Å²) in [6.07, 6.45) is -0.277. The lowest BCUT2D eigenvalue weighted by Crippen LogP contribution is -2.64. The molecule has 3 aromatic carbocycles. The Balaban J connectivity index is 1.71. The van der Waals surface area contributed by atoms with Crippen LogP contribution in [-0.4, -0.2) is 21.3 Å². The second kappa shape index (κ2) is 8.71. The molecule has 0 aliphatic carbocycles. The third-order valence-corrected chi connectivity index (χ3v) is 11.4. The first-order valence-electron chi connectivity index (χ1n) is 10.1. The van der Waals surface area contributed by atoms with Crippen molar-refractivity contribution in [1.82, 2.24) is 0 Å². The van der Waals surface area contributed by atoms with E-state index in [-0.39, 0.29) is 11.7 Å². The van der Waals surface area contributed by atoms with Gasteiger partial charge in [-0.3, -0.25) is 0 Å². The molecule has 0 unspecified atom stereocenters. The number of hydrogen-bond acceptors (Lipinski definition) is 2. The van der Waals surface area contributed by atoms with Gasteiger partial charge in [0, 0.05) is 19.9 Å². The van der Waals surface area contributed by atoms with Crippen LogP contribution in [0.1, 0.15) is 25.7 Å². The number of hydrogen-bond donors (Lipinski definition) is 0. The SMILES string of the molecule is CC1(C)COC(c2ccc([Si](C)(c3ccc(Br)cc3)c3ccc(Br)cc3)cc2)OC1. The second-order valence-corrected chi connectivity index (χ2v) is 14.7. The van der Waals surface area contributed by atoms with Gasteiger partial charge in [-0.2, -0.15) is 0 Å². The molecule has 0 N–H and O–H groups in total. The molecule has 156 valence electrons. The van der Waals surface area contributed by atoms with Gasteiger partial charge in [-0.15, -0.1) is 0 Å². The lowest BCUT2D eigenvalue weighted by Gasteiger charge is -2.35. The molecule has 30 heavy (non-hydrogen) atoms. The summed E-state index contributed by atoms with van der Waals surface area (Å²) in [5.74, 6) is 0. The van der Waals surface area contributed by atoms with Crippen LogP contribution in [0.3, 0.4) is 0 Å². The molecule has 2 nitrogen and oxygen atoms in total. The summed E-state index contributed by atoms with van der Waals surface area (Å²) < 4.78 is 14.2. The second-order valence-electron chi connectivity index (χ2n) is 8.88. The van der Waals surface area contributed by atoms with Gasteiger partial charge in [-0.05, 0) is 39.8 Å². The van der Waals surface area contributed by atoms with E-state index in [1.807, 2.05) is 0 Å². The fraction of sp³-hybridized carbons (Fsp3) is 0.280. The summed E-state index contributed by atoms with van der Waals surface area (Å²) >= 11 is 7.15. The van der Waals surface area contributed by atoms with E-state index in [0.29, 0.717) is 13.2 Å². The molecular formula is C25H26Br2O2Si. The maximum atomic E-state index is 5.98. The molecule has 0 amide bonds. The maximum absolute atomic E-state index is 5.98. The van der Waals surface area contributed by atoms with E-state index >= 15 is 0 Å². The molecule has 4 rings (SSSR count). The minimum atomic E-state index is -2.14. The third-order valence-electron chi connectivity index (χ3n) is 5.85. The lowest BCUT2D eigenvalue weighted by molar-refractivity contribution is -0.226. The fourth-order valence-electron chi connectivity index (χ4n) is 3.92. The smallest absolute Gasteiger partial charge is 0.183 e. The summed E-state index contributed by atoms with van der Waals surface area (Å²) in [6.45, 7) is 8.18. The molecule has 0 aromatic heterocycles. The Labute approximate surface area is 196 Å². The lowest BCUT2D eigenvalue weighted by atomic mass is 9.95. The monoisotopic (exact) mass is 544 g/mol. The van der Waals surface area contributed by atoms with Crippen LogP contribution < -0.4 is 15.6 Å². The first-order valence-corrected chi connectivity index (χ1v) is 14.2. The van der Waals surface area contributed by atoms with E-state index in [0.717, 1.165) is 14.5 Å². The Morgan fingerprint density at radius 1 is 0.700 bits per heavy atom. The van der Waals surface area contributed by atoms with Crippen LogP contribution in [0.25, 0.3) is 0 Å². The Kier molecular flexibility index (Phi) is 6.38. The van der Waals surface area contributed by atoms with E-state index in [9.17, 15) is 0 Å². The number of ether oxygens (including phenoxy) is 2. The van der Waals surface area contributed by atoms with Gasteiger partial charge in [0.2, 0.25) is 0 Å². The first-order chi connectivity index (χ1) is 14.3. The molecule has 3 aromatic rings. The number of halogens is 2. The van der Waals surface area contributed by atoms with Crippen molar-refractivity contribution < 1.29 is 9.47 Å². The van der Waals surface area contributed by atoms with Crippen molar-refractivity contribution in [3.8, 4) is 0 Å². The van der Waals surface area contributed by atoms with Gasteiger partial charge in [0.05, 0.1) is 13.2 Å². The molecule has 1 heterocycles. The zero-order valence-electron chi connectivity index (χ0n) is 17.5. The zero-order valence-corrected chi connectivity index (χ0v) is 21.7. The summed E-state index contributed by atoms with van der Waals surface area (Å²) in [5, 5.41) is 4.13. The molecule has 0 atom stereocenters. The van der Waals surface area contributed by atoms with Crippen molar-refractivity contribution in [2.75, 3.05) is 13.2 Å². The fourth-order valence-corrected chi connectivity index (χ4v) is 7.95. The van der Waals surface area contributed by atoms with Gasteiger partial charge >= 0.3 is 0 Å². The van der Waals surface area contributed by atoms with Crippen LogP contribution in [-0.2, 0) is 9.47 Å². The van der Waals surface area contributed by atoms with Crippen LogP contribution in [0.4, 0.5) is 0 Å². The van der Waals surface area contributed by atoms with Gasteiger partial charge in [0.1, 0.15) is 8.07 Å². The topological polar surface area (TPSA) is 18.5 Å². The molecular weight excluding hydrogens is 520 g/mol. The number of rotatable bonds is 4. The van der Waals surface area contributed by atoms with Gasteiger partial charge < -0.3 is 9.47 Å². The van der Waals surface area contributed by atoms with E-state index in [1.165, 1.54) is 15.6 Å². The first kappa shape index (κ1) is 22.0. The maximum Gasteiger partial charge on any atom is 0.183 e. The van der Waals surface area contributed by atoms with Crippen molar-refractivity contribution in [2.45, 2.75) is 26.7 Å². The molecule has 1 fully saturated rings. The van der Waals surface area contributed by atoms with Gasteiger partial charge in [-0.25, -0.2) is 0 Å². The average molecular weight is 546 g/mol. The highest BCUT2D eigenvalue weighted by molar-refractivity contribution is 9.10. The molecule has 0 bridgehead atoms. The van der Waals surface area contributed by atoms with Gasteiger partial charge in [0.25, 0.3) is 0 Å². The quantitative estimate of drug-likeness (QED) is 0.323. The van der Waals surface area contributed by atoms with Crippen molar-refractivity contribution in [2.24, 2.45) is 5.41 Å². The predicted molar refractivity (Wildman–Crippen MR) is 134 cm³/mol. The summed E-state index contributed by atoms with van der Waals surface area (Å²) in [6, 6.07) is 26.4. The highest BCUT2D eigenvalue weighted by atomic mass is 79.9. The Hall–Kier alpha value is -1.24. The minimum Gasteiger partial charge on any atom is -0.348 e. The van der Waals surface area contributed by atoms with Gasteiger partial charge in [0.15, 0.2) is 6.29 Å². The molecule has 1 aliphatic heterocycles. The predicted octanol–water partition coefficient (Wildman–Crippen LogP) is 5.38. The van der Waals surface area contributed by atoms with Crippen molar-refractivity contribution in [3.05, 3.63) is 87.3 Å². The largest absolute Gasteiger partial charge is 0.348 e.